The summed E-state index contributed by atoms with van der Waals surface area (Å²) in [6.45, 7) is 7.08. The predicted octanol–water partition coefficient (Wildman–Crippen LogP) is 14.3. The summed E-state index contributed by atoms with van der Waals surface area (Å²) in [5, 5.41) is 15.9. The number of nitrogens with one attached hydrogen (secondary N) is 2. The Morgan fingerprint density at radius 3 is 2.23 bits per heavy atom. The smallest absolute Gasteiger partial charge is 0.135 e. The molecule has 2 aliphatic carbocycles. The molecule has 8 aromatic carbocycles. The van der Waals surface area contributed by atoms with Gasteiger partial charge in [-0.25, -0.2) is 0 Å². The van der Waals surface area contributed by atoms with Crippen molar-refractivity contribution in [1.82, 2.24) is 15.2 Å². The van der Waals surface area contributed by atoms with Gasteiger partial charge >= 0.3 is 0 Å². The van der Waals surface area contributed by atoms with Crippen LogP contribution in [0.15, 0.2) is 180 Å². The van der Waals surface area contributed by atoms with E-state index in [0.29, 0.717) is 5.92 Å². The summed E-state index contributed by atoms with van der Waals surface area (Å²) in [5.74, 6) is 0.406. The Labute approximate surface area is 360 Å². The molecule has 10 aromatic rings. The highest BCUT2D eigenvalue weighted by atomic mass is 16.3. The lowest BCUT2D eigenvalue weighted by Gasteiger charge is -2.41. The lowest BCUT2D eigenvalue weighted by atomic mass is 9.80. The summed E-state index contributed by atoms with van der Waals surface area (Å²) >= 11 is 0. The Balaban J connectivity index is 1.03. The lowest BCUT2D eigenvalue weighted by molar-refractivity contribution is 0.399. The molecule has 0 amide bonds. The molecular formula is C58H45N3O. The van der Waals surface area contributed by atoms with Crippen LogP contribution in [0.25, 0.3) is 83.1 Å². The number of aromatic nitrogens is 1. The van der Waals surface area contributed by atoms with Crippen LogP contribution in [-0.4, -0.2) is 4.57 Å². The minimum absolute atomic E-state index is 0.0729. The van der Waals surface area contributed by atoms with Crippen LogP contribution in [0.3, 0.4) is 0 Å². The second-order valence-corrected chi connectivity index (χ2v) is 18.3. The highest BCUT2D eigenvalue weighted by Gasteiger charge is 2.45. The summed E-state index contributed by atoms with van der Waals surface area (Å²) in [7, 11) is 0. The van der Waals surface area contributed by atoms with Gasteiger partial charge in [0.15, 0.2) is 0 Å². The van der Waals surface area contributed by atoms with Crippen LogP contribution < -0.4 is 10.6 Å². The van der Waals surface area contributed by atoms with Gasteiger partial charge in [-0.3, -0.25) is 0 Å². The van der Waals surface area contributed by atoms with Crippen molar-refractivity contribution in [2.75, 3.05) is 0 Å². The third-order valence-corrected chi connectivity index (χ3v) is 14.2. The average Bonchev–Trinajstić information content (AvgIpc) is 3.91. The molecule has 1 aliphatic heterocycles. The number of para-hydroxylation sites is 2. The number of allylic oxidation sites excluding steroid dienone is 2. The van der Waals surface area contributed by atoms with Crippen LogP contribution in [0.1, 0.15) is 66.2 Å². The van der Waals surface area contributed by atoms with E-state index in [1.165, 1.54) is 94.2 Å². The number of fused-ring (bicyclic) bond motifs is 10. The van der Waals surface area contributed by atoms with Gasteiger partial charge < -0.3 is 19.6 Å². The third kappa shape index (κ3) is 5.13. The van der Waals surface area contributed by atoms with E-state index < -0.39 is 0 Å². The molecule has 2 aromatic heterocycles. The topological polar surface area (TPSA) is 42.1 Å². The molecule has 0 saturated carbocycles. The van der Waals surface area contributed by atoms with Crippen molar-refractivity contribution in [3.63, 3.8) is 0 Å². The van der Waals surface area contributed by atoms with E-state index >= 15 is 0 Å². The van der Waals surface area contributed by atoms with Crippen LogP contribution in [0, 0.1) is 5.92 Å². The normalized spacial score (nSPS) is 18.9. The Morgan fingerprint density at radius 1 is 0.597 bits per heavy atom. The minimum Gasteiger partial charge on any atom is -0.456 e. The van der Waals surface area contributed by atoms with Crippen molar-refractivity contribution < 1.29 is 4.42 Å². The van der Waals surface area contributed by atoms with E-state index in [1.807, 2.05) is 6.07 Å². The number of rotatable bonds is 4. The van der Waals surface area contributed by atoms with E-state index in [-0.39, 0.29) is 17.5 Å². The zero-order valence-electron chi connectivity index (χ0n) is 35.0. The molecule has 13 rings (SSSR count). The SMILES string of the molecule is CC1C=Cc2c(C3NC4=C(NC3c3ccc5oc6ccccc6c5c3)C(C)(C)c3ccc(-c5ccccc5)cc34)ccc(-n3c4ccccc4c4cc5ccccc5cc43)c2C1. The van der Waals surface area contributed by atoms with Gasteiger partial charge in [0.2, 0.25) is 0 Å². The molecule has 3 heterocycles. The molecule has 0 saturated heterocycles. The molecule has 0 spiro atoms. The van der Waals surface area contributed by atoms with Crippen LogP contribution in [-0.2, 0) is 11.8 Å². The molecule has 4 heteroatoms. The van der Waals surface area contributed by atoms with E-state index in [9.17, 15) is 0 Å². The molecule has 0 radical (unpaired) electrons. The van der Waals surface area contributed by atoms with Crippen LogP contribution in [0.4, 0.5) is 0 Å². The molecule has 3 aliphatic rings. The van der Waals surface area contributed by atoms with Gasteiger partial charge in [0.25, 0.3) is 0 Å². The van der Waals surface area contributed by atoms with Gasteiger partial charge in [-0.15, -0.1) is 0 Å². The van der Waals surface area contributed by atoms with Gasteiger partial charge in [-0.05, 0) is 111 Å². The summed E-state index contributed by atoms with van der Waals surface area (Å²) in [4.78, 5) is 0. The molecule has 3 atom stereocenters. The Morgan fingerprint density at radius 2 is 1.35 bits per heavy atom. The fourth-order valence-electron chi connectivity index (χ4n) is 11.2. The first-order chi connectivity index (χ1) is 30.4. The van der Waals surface area contributed by atoms with Crippen molar-refractivity contribution in [3.8, 4) is 16.8 Å². The molecule has 3 unspecified atom stereocenters. The first-order valence-corrected chi connectivity index (χ1v) is 22.0. The summed E-state index contributed by atoms with van der Waals surface area (Å²) in [5.41, 5.74) is 18.0. The monoisotopic (exact) mass is 799 g/mol. The maximum atomic E-state index is 6.36. The quantitative estimate of drug-likeness (QED) is 0.186. The first kappa shape index (κ1) is 35.5. The van der Waals surface area contributed by atoms with Crippen molar-refractivity contribution >= 4 is 66.3 Å². The molecule has 298 valence electrons. The average molecular weight is 800 g/mol. The summed E-state index contributed by atoms with van der Waals surface area (Å²) < 4.78 is 8.90. The van der Waals surface area contributed by atoms with E-state index in [2.05, 4.69) is 206 Å². The third-order valence-electron chi connectivity index (χ3n) is 14.2. The molecule has 0 fully saturated rings. The minimum atomic E-state index is -0.234. The van der Waals surface area contributed by atoms with Crippen LogP contribution in [0.2, 0.25) is 0 Å². The second kappa shape index (κ2) is 13.1. The van der Waals surface area contributed by atoms with E-state index in [1.54, 1.807) is 0 Å². The molecule has 0 bridgehead atoms. The Bertz CT molecular complexity index is 3560. The zero-order chi connectivity index (χ0) is 41.3. The van der Waals surface area contributed by atoms with E-state index in [4.69, 9.17) is 4.42 Å². The largest absolute Gasteiger partial charge is 0.456 e. The van der Waals surface area contributed by atoms with Gasteiger partial charge in [-0.2, -0.15) is 0 Å². The maximum absolute atomic E-state index is 6.36. The van der Waals surface area contributed by atoms with E-state index in [0.717, 1.165) is 28.4 Å². The first-order valence-electron chi connectivity index (χ1n) is 22.0. The summed E-state index contributed by atoms with van der Waals surface area (Å²) in [6.07, 6.45) is 5.79. The summed E-state index contributed by atoms with van der Waals surface area (Å²) in [6, 6.07) is 60.1. The van der Waals surface area contributed by atoms with Crippen LogP contribution in [0.5, 0.6) is 0 Å². The zero-order valence-corrected chi connectivity index (χ0v) is 35.0. The Kier molecular flexibility index (Phi) is 7.49. The van der Waals surface area contributed by atoms with Gasteiger partial charge in [0.05, 0.1) is 34.5 Å². The maximum Gasteiger partial charge on any atom is 0.135 e. The second-order valence-electron chi connectivity index (χ2n) is 18.3. The molecule has 2 N–H and O–H groups in total. The van der Waals surface area contributed by atoms with Gasteiger partial charge in [0.1, 0.15) is 11.2 Å². The highest BCUT2D eigenvalue weighted by Crippen LogP contribution is 2.52. The fraction of sp³-hybridized carbons (Fsp3) is 0.138. The molecular weight excluding hydrogens is 755 g/mol. The van der Waals surface area contributed by atoms with Crippen LogP contribution >= 0.6 is 0 Å². The van der Waals surface area contributed by atoms with Gasteiger partial charge in [0, 0.05) is 38.2 Å². The van der Waals surface area contributed by atoms with Crippen molar-refractivity contribution in [1.29, 1.82) is 0 Å². The highest BCUT2D eigenvalue weighted by molar-refractivity contribution is 6.14. The number of benzene rings is 8. The van der Waals surface area contributed by atoms with Crippen molar-refractivity contribution in [3.05, 3.63) is 209 Å². The number of nitrogens with zero attached hydrogens (tertiary/aromatic N) is 1. The lowest BCUT2D eigenvalue weighted by Crippen LogP contribution is -2.43. The predicted molar refractivity (Wildman–Crippen MR) is 257 cm³/mol. The number of hydrogen-bond donors (Lipinski definition) is 2. The van der Waals surface area contributed by atoms with Crippen molar-refractivity contribution in [2.45, 2.75) is 44.7 Å². The number of hydrogen-bond acceptors (Lipinski definition) is 3. The Hall–Kier alpha value is -7.30. The van der Waals surface area contributed by atoms with Crippen molar-refractivity contribution in [2.24, 2.45) is 5.92 Å². The standard InChI is InChI=1S/C58H45N3O/c1-34-21-24-40-43(25-27-50(44(40)29-34)61-49-19-11-9-17-41(49)45-30-36-15-7-8-16-37(36)33-51(45)61)55-54(39-23-28-53-46(32-39)42-18-10-12-20-52(42)62-53)60-57-56(59-55)47-31-38(35-13-5-4-6-14-35)22-26-48(47)58(57,2)3/h4-28,30-34,54-55,59-60H,29H2,1-3H3. The molecule has 4 nitrogen and oxygen atoms in total. The fourth-order valence-corrected chi connectivity index (χ4v) is 11.2. The molecule has 62 heavy (non-hydrogen) atoms. The number of furan rings is 1. The van der Waals surface area contributed by atoms with Gasteiger partial charge in [-0.1, -0.05) is 148 Å².